The predicted molar refractivity (Wildman–Crippen MR) is 232 cm³/mol. The third-order valence-corrected chi connectivity index (χ3v) is 14.7. The maximum absolute atomic E-state index is 14.2. The average molecular weight is 916 g/mol. The number of likely N-dealkylation sites (N-methyl/N-ethyl adjacent to an activating group) is 3. The highest BCUT2D eigenvalue weighted by Crippen LogP contribution is 2.58. The molecule has 4 unspecified atom stereocenters. The number of methoxy groups -OCH3 is 1. The number of carbonyl (C=O) groups is 6. The topological polar surface area (TPSA) is 344 Å². The lowest BCUT2D eigenvalue weighted by molar-refractivity contribution is -0.169. The highest BCUT2D eigenvalue weighted by Gasteiger charge is 2.70. The van der Waals surface area contributed by atoms with Crippen LogP contribution in [0.15, 0.2) is 70.2 Å². The molecule has 2 amide bonds. The number of aliphatic hydroxyl groups is 6. The minimum absolute atomic E-state index is 0.0245. The Hall–Kier alpha value is -6.42. The van der Waals surface area contributed by atoms with E-state index in [4.69, 9.17) is 16.2 Å². The number of nitrogens with zero attached hydrogens (tertiary/aromatic N) is 2. The number of ketones is 4. The molecule has 0 aliphatic heterocycles. The van der Waals surface area contributed by atoms with E-state index in [0.717, 1.165) is 0 Å². The second-order valence-corrected chi connectivity index (χ2v) is 18.1. The predicted octanol–water partition coefficient (Wildman–Crippen LogP) is -0.127. The molecule has 0 heterocycles. The Balaban J connectivity index is 0.000000197. The summed E-state index contributed by atoms with van der Waals surface area (Å²) in [5.74, 6) is -14.9. The molecule has 0 aromatic heterocycles. The van der Waals surface area contributed by atoms with Crippen molar-refractivity contribution in [2.45, 2.75) is 61.1 Å². The Morgan fingerprint density at radius 2 is 1.11 bits per heavy atom. The summed E-state index contributed by atoms with van der Waals surface area (Å²) in [7, 11) is 9.03. The van der Waals surface area contributed by atoms with Crippen LogP contribution in [-0.2, 0) is 33.5 Å². The molecule has 20 nitrogen and oxygen atoms in total. The third-order valence-electron chi connectivity index (χ3n) is 14.7. The van der Waals surface area contributed by atoms with E-state index < -0.39 is 146 Å². The highest BCUT2D eigenvalue weighted by molar-refractivity contribution is 6.26. The van der Waals surface area contributed by atoms with Gasteiger partial charge in [-0.25, -0.2) is 0 Å². The SMILES string of the molecule is CN[C@]12C(=O)C3=C(O)c4c(O)cccc4[C@H](C)C3[C@@H](OC)C1[C@H](N(C)C)C(=O)C(C(N)=O)=C2O.C[C@H]1c2cccc(O)c2C(O)=C2C(=O)[C@]3(O)C(O)=C(C(N)=O)C(=O)[C@@H](N(C)C)C3[C@@H](O)C21. The van der Waals surface area contributed by atoms with Gasteiger partial charge < -0.3 is 62.4 Å². The van der Waals surface area contributed by atoms with Gasteiger partial charge in [0.2, 0.25) is 5.78 Å². The quantitative estimate of drug-likeness (QED) is 0.168. The summed E-state index contributed by atoms with van der Waals surface area (Å²) in [6.07, 6.45) is -2.44. The van der Waals surface area contributed by atoms with E-state index in [1.807, 2.05) is 6.92 Å². The number of ether oxygens (including phenoxy) is 1. The number of aliphatic hydroxyl groups excluding tert-OH is 5. The number of nitrogens with one attached hydrogen (secondary N) is 1. The zero-order valence-electron chi connectivity index (χ0n) is 37.2. The number of Topliss-reactive ketones (excluding diaryl/α,β-unsaturated/α-hetero) is 4. The van der Waals surface area contributed by atoms with Gasteiger partial charge in [0.15, 0.2) is 23.0 Å². The van der Waals surface area contributed by atoms with Crippen LogP contribution in [-0.4, -0.2) is 163 Å². The Bertz CT molecular complexity index is 2670. The molecule has 20 heteroatoms. The molecule has 12 atom stereocenters. The number of carbonyl (C=O) groups excluding carboxylic acids is 6. The van der Waals surface area contributed by atoms with E-state index in [-0.39, 0.29) is 28.2 Å². The smallest absolute Gasteiger partial charge is 0.255 e. The number of benzene rings is 2. The first-order valence-electron chi connectivity index (χ1n) is 20.9. The van der Waals surface area contributed by atoms with Crippen molar-refractivity contribution >= 4 is 46.5 Å². The van der Waals surface area contributed by atoms with Gasteiger partial charge in [0.05, 0.1) is 41.3 Å². The van der Waals surface area contributed by atoms with Gasteiger partial charge in [0, 0.05) is 36.0 Å². The fourth-order valence-corrected chi connectivity index (χ4v) is 11.8. The Labute approximate surface area is 377 Å². The van der Waals surface area contributed by atoms with Gasteiger partial charge in [-0.15, -0.1) is 0 Å². The molecule has 2 aromatic carbocycles. The average Bonchev–Trinajstić information content (AvgIpc) is 3.23. The summed E-state index contributed by atoms with van der Waals surface area (Å²) in [5, 5.41) is 90.8. The molecule has 352 valence electrons. The molecule has 2 aromatic rings. The van der Waals surface area contributed by atoms with Gasteiger partial charge >= 0.3 is 0 Å². The van der Waals surface area contributed by atoms with Crippen molar-refractivity contribution in [3.8, 4) is 11.5 Å². The molecule has 0 spiro atoms. The molecule has 2 fully saturated rings. The van der Waals surface area contributed by atoms with Crippen molar-refractivity contribution in [1.82, 2.24) is 15.1 Å². The summed E-state index contributed by atoms with van der Waals surface area (Å²) in [4.78, 5) is 81.4. The molecule has 13 N–H and O–H groups in total. The van der Waals surface area contributed by atoms with Crippen LogP contribution in [0.1, 0.15) is 47.9 Å². The maximum atomic E-state index is 14.2. The van der Waals surface area contributed by atoms with Crippen molar-refractivity contribution in [2.75, 3.05) is 42.3 Å². The van der Waals surface area contributed by atoms with Crippen molar-refractivity contribution in [3.05, 3.63) is 92.5 Å². The fourth-order valence-electron chi connectivity index (χ4n) is 11.8. The molecule has 0 bridgehead atoms. The van der Waals surface area contributed by atoms with E-state index >= 15 is 0 Å². The monoisotopic (exact) mass is 915 g/mol. The largest absolute Gasteiger partial charge is 0.509 e. The number of primary amides is 2. The molecule has 8 rings (SSSR count). The van der Waals surface area contributed by atoms with Crippen LogP contribution < -0.4 is 16.8 Å². The zero-order valence-corrected chi connectivity index (χ0v) is 37.2. The van der Waals surface area contributed by atoms with E-state index in [1.165, 1.54) is 45.3 Å². The van der Waals surface area contributed by atoms with Crippen molar-refractivity contribution in [2.24, 2.45) is 35.1 Å². The molecule has 2 saturated carbocycles. The third kappa shape index (κ3) is 6.05. The minimum atomic E-state index is -2.89. The number of hydrogen-bond donors (Lipinski definition) is 11. The lowest BCUT2D eigenvalue weighted by atomic mass is 9.53. The number of phenolic OH excluding ortho intramolecular Hbond substituents is 2. The maximum Gasteiger partial charge on any atom is 0.255 e. The van der Waals surface area contributed by atoms with Crippen LogP contribution in [0.5, 0.6) is 11.5 Å². The van der Waals surface area contributed by atoms with Crippen LogP contribution in [0.2, 0.25) is 0 Å². The number of nitrogens with two attached hydrogens (primary N) is 2. The number of aromatic hydroxyl groups is 2. The van der Waals surface area contributed by atoms with Gasteiger partial charge in [-0.3, -0.25) is 38.6 Å². The summed E-state index contributed by atoms with van der Waals surface area (Å²) >= 11 is 0. The van der Waals surface area contributed by atoms with Gasteiger partial charge in [0.25, 0.3) is 11.8 Å². The highest BCUT2D eigenvalue weighted by atomic mass is 16.5. The first-order valence-corrected chi connectivity index (χ1v) is 20.9. The zero-order chi connectivity index (χ0) is 49.1. The van der Waals surface area contributed by atoms with Gasteiger partial charge in [-0.1, -0.05) is 38.1 Å². The lowest BCUT2D eigenvalue weighted by Crippen LogP contribution is -2.74. The molecular weight excluding hydrogens is 863 g/mol. The Morgan fingerprint density at radius 1 is 0.682 bits per heavy atom. The number of phenols is 2. The second kappa shape index (κ2) is 16.2. The molecular formula is C46H53N5O15. The second-order valence-electron chi connectivity index (χ2n) is 18.1. The number of rotatable bonds is 6. The van der Waals surface area contributed by atoms with E-state index in [9.17, 15) is 69.6 Å². The fraction of sp³-hybridized carbons (Fsp3) is 0.435. The summed E-state index contributed by atoms with van der Waals surface area (Å²) in [6.45, 7) is 3.52. The van der Waals surface area contributed by atoms with Crippen molar-refractivity contribution < 1.29 is 74.4 Å². The molecule has 0 saturated heterocycles. The molecule has 0 radical (unpaired) electrons. The van der Waals surface area contributed by atoms with E-state index in [1.54, 1.807) is 50.2 Å². The van der Waals surface area contributed by atoms with Crippen LogP contribution in [0.4, 0.5) is 0 Å². The van der Waals surface area contributed by atoms with Crippen molar-refractivity contribution in [1.29, 1.82) is 0 Å². The summed E-state index contributed by atoms with van der Waals surface area (Å²) in [5.41, 5.74) is 4.98. The normalized spacial score (nSPS) is 33.7. The number of hydrogen-bond acceptors (Lipinski definition) is 18. The molecule has 6 aliphatic carbocycles. The van der Waals surface area contributed by atoms with Crippen LogP contribution in [0, 0.1) is 23.7 Å². The van der Waals surface area contributed by atoms with Gasteiger partial charge in [0.1, 0.15) is 51.2 Å². The van der Waals surface area contributed by atoms with Gasteiger partial charge in [-0.2, -0.15) is 0 Å². The van der Waals surface area contributed by atoms with Crippen molar-refractivity contribution in [3.63, 3.8) is 0 Å². The summed E-state index contributed by atoms with van der Waals surface area (Å²) < 4.78 is 5.91. The minimum Gasteiger partial charge on any atom is -0.509 e. The molecule has 6 aliphatic rings. The first-order chi connectivity index (χ1) is 30.8. The molecule has 66 heavy (non-hydrogen) atoms. The first kappa shape index (κ1) is 47.5. The number of amides is 2. The Morgan fingerprint density at radius 3 is 1.53 bits per heavy atom. The lowest BCUT2D eigenvalue weighted by Gasteiger charge is -2.56. The van der Waals surface area contributed by atoms with Crippen LogP contribution in [0.25, 0.3) is 11.5 Å². The van der Waals surface area contributed by atoms with Crippen LogP contribution in [0.3, 0.4) is 0 Å². The van der Waals surface area contributed by atoms with E-state index in [2.05, 4.69) is 5.32 Å². The standard InChI is InChI=1S/C24H29N3O7.C22H24N2O8/c1-9-10-7-6-8-11(28)13(10)18(29)14-12(9)20(34-5)16-17(27(3)4)19(30)15(23(25)33)22(32)24(16,26-2)21(14)31;1-7-8-5-4-6-9(25)11(8)16(26)12-10(7)17(27)14-15(24(2)3)18(28)13(21(23)31)20(30)22(14,32)19(12)29/h6-9,12,16-17,20,26,28-29,32H,1-5H3,(H2,25,33);4-7,10,14-15,17,25-27,30,32H,1-3H3,(H2,23,31)/t9-,12?,16?,17-,20+,24-;7-,10?,14?,15-,17-,22-/m00/s1. The number of fused-ring (bicyclic) bond motifs is 6. The van der Waals surface area contributed by atoms with Crippen LogP contribution >= 0.6 is 0 Å². The van der Waals surface area contributed by atoms with Gasteiger partial charge in [-0.05, 0) is 70.3 Å². The van der Waals surface area contributed by atoms with E-state index in [0.29, 0.717) is 11.1 Å². The Kier molecular flexibility index (Phi) is 11.7. The summed E-state index contributed by atoms with van der Waals surface area (Å²) in [6, 6.07) is 6.90.